The fourth-order valence-corrected chi connectivity index (χ4v) is 10.5. The summed E-state index contributed by atoms with van der Waals surface area (Å²) in [5, 5.41) is 31.6. The zero-order valence-corrected chi connectivity index (χ0v) is 32.4. The summed E-state index contributed by atoms with van der Waals surface area (Å²) in [7, 11) is 1.53. The number of hydrogen-bond acceptors (Lipinski definition) is 11. The second kappa shape index (κ2) is 15.0. The van der Waals surface area contributed by atoms with Gasteiger partial charge in [-0.1, -0.05) is 41.5 Å². The molecule has 6 fully saturated rings. The van der Waals surface area contributed by atoms with E-state index in [1.807, 2.05) is 13.8 Å². The molecule has 6 aliphatic heterocycles. The molecule has 0 aromatic heterocycles. The van der Waals surface area contributed by atoms with E-state index in [4.69, 9.17) is 37.9 Å². The first-order valence-corrected chi connectivity index (χ1v) is 19.7. The van der Waals surface area contributed by atoms with Gasteiger partial charge in [0, 0.05) is 37.7 Å². The van der Waals surface area contributed by atoms with Crippen molar-refractivity contribution in [3.05, 3.63) is 0 Å². The Labute approximate surface area is 304 Å². The van der Waals surface area contributed by atoms with Crippen molar-refractivity contribution >= 4 is 5.97 Å². The van der Waals surface area contributed by atoms with Gasteiger partial charge in [0.2, 0.25) is 0 Å². The molecule has 0 saturated carbocycles. The molecule has 6 saturated heterocycles. The van der Waals surface area contributed by atoms with Gasteiger partial charge < -0.3 is 53.2 Å². The van der Waals surface area contributed by atoms with Gasteiger partial charge in [-0.3, -0.25) is 4.79 Å². The SMILES string of the molecule is CCC1(C2OC(C3OC(CO)(OCC4CO4)C(C)CC3C)CC2C)CCC(C2(C)CCC3(CC(O)C(C)C(C(C)C(OC)C(C)C(=O)O)O3)O2)O1. The first-order chi connectivity index (χ1) is 24.0. The van der Waals surface area contributed by atoms with E-state index in [-0.39, 0.29) is 66.7 Å². The van der Waals surface area contributed by atoms with Crippen molar-refractivity contribution in [1.82, 2.24) is 0 Å². The summed E-state index contributed by atoms with van der Waals surface area (Å²) in [6.45, 7) is 17.2. The molecule has 0 radical (unpaired) electrons. The minimum atomic E-state index is -1.07. The predicted octanol–water partition coefficient (Wildman–Crippen LogP) is 4.70. The molecule has 0 bridgehead atoms. The monoisotopic (exact) mass is 726 g/mol. The van der Waals surface area contributed by atoms with Crippen LogP contribution in [0.15, 0.2) is 0 Å². The molecule has 12 heteroatoms. The van der Waals surface area contributed by atoms with Gasteiger partial charge in [-0.25, -0.2) is 0 Å². The lowest BCUT2D eigenvalue weighted by Crippen LogP contribution is -2.57. The van der Waals surface area contributed by atoms with Crippen LogP contribution in [-0.4, -0.2) is 120 Å². The maximum atomic E-state index is 11.9. The van der Waals surface area contributed by atoms with Crippen molar-refractivity contribution in [2.45, 2.75) is 178 Å². The van der Waals surface area contributed by atoms with Crippen LogP contribution in [-0.2, 0) is 42.7 Å². The maximum Gasteiger partial charge on any atom is 0.308 e. The van der Waals surface area contributed by atoms with Gasteiger partial charge >= 0.3 is 5.97 Å². The second-order valence-electron chi connectivity index (χ2n) is 17.5. The van der Waals surface area contributed by atoms with Crippen LogP contribution in [0.2, 0.25) is 0 Å². The molecule has 3 N–H and O–H groups in total. The fraction of sp³-hybridized carbons (Fsp3) is 0.974. The fourth-order valence-electron chi connectivity index (χ4n) is 10.5. The van der Waals surface area contributed by atoms with E-state index in [9.17, 15) is 20.1 Å². The molecule has 6 heterocycles. The third kappa shape index (κ3) is 7.42. The van der Waals surface area contributed by atoms with Gasteiger partial charge in [0.25, 0.3) is 0 Å². The lowest BCUT2D eigenvalue weighted by molar-refractivity contribution is -0.342. The molecule has 12 nitrogen and oxygen atoms in total. The summed E-state index contributed by atoms with van der Waals surface area (Å²) in [5.41, 5.74) is -1.13. The number of epoxide rings is 1. The van der Waals surface area contributed by atoms with Crippen molar-refractivity contribution in [2.24, 2.45) is 35.5 Å². The standard InChI is InChI=1S/C39H66O12/c1-10-37(34-22(3)16-29(47-34)31-21(2)15-23(4)39(20-40,50-31)46-19-27-18-45-27)12-11-30(48-37)36(8)13-14-38(51-36)17-28(41)24(5)33(49-38)25(6)32(44-9)26(7)35(42)43/h21-34,40-41H,10-20H2,1-9H3,(H,42,43). The van der Waals surface area contributed by atoms with Gasteiger partial charge in [-0.15, -0.1) is 0 Å². The van der Waals surface area contributed by atoms with Crippen LogP contribution in [0.4, 0.5) is 0 Å². The summed E-state index contributed by atoms with van der Waals surface area (Å²) in [4.78, 5) is 11.9. The molecule has 0 amide bonds. The number of carboxylic acid groups (broad SMARTS) is 1. The molecule has 18 atom stereocenters. The highest BCUT2D eigenvalue weighted by atomic mass is 16.7. The Morgan fingerprint density at radius 2 is 1.75 bits per heavy atom. The van der Waals surface area contributed by atoms with Gasteiger partial charge in [-0.2, -0.15) is 0 Å². The third-order valence-electron chi connectivity index (χ3n) is 13.9. The lowest BCUT2D eigenvalue weighted by atomic mass is 9.78. The topological polar surface area (TPSA) is 155 Å². The Bertz CT molecular complexity index is 1220. The Kier molecular flexibility index (Phi) is 11.7. The molecule has 1 spiro atoms. The minimum absolute atomic E-state index is 0.0316. The molecule has 294 valence electrons. The van der Waals surface area contributed by atoms with Gasteiger partial charge in [-0.05, 0) is 64.2 Å². The Hall–Kier alpha value is -0.930. The molecule has 51 heavy (non-hydrogen) atoms. The van der Waals surface area contributed by atoms with E-state index >= 15 is 0 Å². The van der Waals surface area contributed by atoms with Crippen LogP contribution < -0.4 is 0 Å². The van der Waals surface area contributed by atoms with Crippen molar-refractivity contribution in [3.63, 3.8) is 0 Å². The van der Waals surface area contributed by atoms with Crippen LogP contribution in [0.5, 0.6) is 0 Å². The third-order valence-corrected chi connectivity index (χ3v) is 13.9. The average Bonchev–Trinajstić information content (AvgIpc) is 3.53. The number of carbonyl (C=O) groups is 1. The van der Waals surface area contributed by atoms with Gasteiger partial charge in [0.15, 0.2) is 11.6 Å². The highest BCUT2D eigenvalue weighted by Crippen LogP contribution is 2.55. The van der Waals surface area contributed by atoms with E-state index in [0.29, 0.717) is 32.5 Å². The number of rotatable bonds is 13. The van der Waals surface area contributed by atoms with Crippen molar-refractivity contribution in [3.8, 4) is 0 Å². The van der Waals surface area contributed by atoms with Crippen LogP contribution in [0, 0.1) is 35.5 Å². The summed E-state index contributed by atoms with van der Waals surface area (Å²) in [6.07, 6.45) is 3.51. The van der Waals surface area contributed by atoms with E-state index in [1.165, 1.54) is 7.11 Å². The summed E-state index contributed by atoms with van der Waals surface area (Å²) in [6, 6.07) is 0. The Morgan fingerprint density at radius 1 is 1.02 bits per heavy atom. The summed E-state index contributed by atoms with van der Waals surface area (Å²) in [5.74, 6) is -3.73. The van der Waals surface area contributed by atoms with E-state index in [2.05, 4.69) is 34.6 Å². The smallest absolute Gasteiger partial charge is 0.308 e. The number of aliphatic carboxylic acids is 1. The molecule has 6 aliphatic rings. The second-order valence-corrected chi connectivity index (χ2v) is 17.5. The van der Waals surface area contributed by atoms with Crippen LogP contribution >= 0.6 is 0 Å². The number of carboxylic acids is 1. The van der Waals surface area contributed by atoms with E-state index in [1.54, 1.807) is 6.92 Å². The molecular formula is C39H66O12. The number of hydrogen-bond donors (Lipinski definition) is 3. The number of aliphatic hydroxyl groups is 2. The number of methoxy groups -OCH3 is 1. The molecule has 18 unspecified atom stereocenters. The molecule has 0 aromatic rings. The molecule has 6 rings (SSSR count). The lowest BCUT2D eigenvalue weighted by Gasteiger charge is -2.49. The van der Waals surface area contributed by atoms with Crippen LogP contribution in [0.3, 0.4) is 0 Å². The average molecular weight is 727 g/mol. The first kappa shape index (κ1) is 39.8. The van der Waals surface area contributed by atoms with E-state index in [0.717, 1.165) is 32.1 Å². The summed E-state index contributed by atoms with van der Waals surface area (Å²) < 4.78 is 51.9. The Morgan fingerprint density at radius 3 is 2.37 bits per heavy atom. The number of ether oxygens (including phenoxy) is 8. The minimum Gasteiger partial charge on any atom is -0.481 e. The van der Waals surface area contributed by atoms with Crippen molar-refractivity contribution in [2.75, 3.05) is 26.9 Å². The molecule has 0 aliphatic carbocycles. The molecule has 0 aromatic carbocycles. The molecular weight excluding hydrogens is 660 g/mol. The predicted molar refractivity (Wildman–Crippen MR) is 186 cm³/mol. The van der Waals surface area contributed by atoms with Crippen LogP contribution in [0.1, 0.15) is 107 Å². The van der Waals surface area contributed by atoms with Crippen LogP contribution in [0.25, 0.3) is 0 Å². The first-order valence-electron chi connectivity index (χ1n) is 19.7. The Balaban J connectivity index is 1.13. The van der Waals surface area contributed by atoms with Crippen molar-refractivity contribution in [1.29, 1.82) is 0 Å². The van der Waals surface area contributed by atoms with E-state index < -0.39 is 53.0 Å². The quantitative estimate of drug-likeness (QED) is 0.226. The van der Waals surface area contributed by atoms with Crippen molar-refractivity contribution < 1.29 is 58.0 Å². The highest BCUT2D eigenvalue weighted by Gasteiger charge is 2.62. The zero-order chi connectivity index (χ0) is 37.1. The summed E-state index contributed by atoms with van der Waals surface area (Å²) >= 11 is 0. The number of aliphatic hydroxyl groups excluding tert-OH is 2. The maximum absolute atomic E-state index is 11.9. The highest BCUT2D eigenvalue weighted by molar-refractivity contribution is 5.70. The largest absolute Gasteiger partial charge is 0.481 e. The van der Waals surface area contributed by atoms with Gasteiger partial charge in [0.05, 0.1) is 79.7 Å². The normalized spacial score (nSPS) is 50.4. The zero-order valence-electron chi connectivity index (χ0n) is 32.4. The van der Waals surface area contributed by atoms with Gasteiger partial charge in [0.1, 0.15) is 6.10 Å².